The molecule has 0 bridgehead atoms. The number of hydrogen-bond donors (Lipinski definition) is 1. The Balaban J connectivity index is 2.00. The highest BCUT2D eigenvalue weighted by Crippen LogP contribution is 2.23. The number of hydrogen-bond acceptors (Lipinski definition) is 5. The molecule has 0 radical (unpaired) electrons. The van der Waals surface area contributed by atoms with E-state index >= 15 is 0 Å². The number of para-hydroxylation sites is 1. The van der Waals surface area contributed by atoms with Gasteiger partial charge in [0.1, 0.15) is 4.90 Å². The zero-order valence-corrected chi connectivity index (χ0v) is 16.9. The van der Waals surface area contributed by atoms with Crippen molar-refractivity contribution in [2.24, 2.45) is 0 Å². The van der Waals surface area contributed by atoms with Crippen LogP contribution in [0.2, 0.25) is 0 Å². The predicted octanol–water partition coefficient (Wildman–Crippen LogP) is 2.93. The zero-order chi connectivity index (χ0) is 19.3. The van der Waals surface area contributed by atoms with Crippen molar-refractivity contribution >= 4 is 33.4 Å². The van der Waals surface area contributed by atoms with Crippen molar-refractivity contribution < 1.29 is 13.2 Å². The van der Waals surface area contributed by atoms with Crippen LogP contribution in [0.1, 0.15) is 18.1 Å². The van der Waals surface area contributed by atoms with Gasteiger partial charge in [-0.15, -0.1) is 0 Å². The fraction of sp³-hybridized carbons (Fsp3) is 0.333. The molecule has 0 saturated carbocycles. The Morgan fingerprint density at radius 2 is 1.96 bits per heavy atom. The first-order valence-electron chi connectivity index (χ1n) is 8.15. The van der Waals surface area contributed by atoms with Crippen molar-refractivity contribution in [2.75, 3.05) is 25.2 Å². The van der Waals surface area contributed by atoms with Gasteiger partial charge in [0.15, 0.2) is 0 Å². The zero-order valence-electron chi connectivity index (χ0n) is 15.3. The Kier molecular flexibility index (Phi) is 6.80. The van der Waals surface area contributed by atoms with E-state index < -0.39 is 10.0 Å². The van der Waals surface area contributed by atoms with E-state index in [-0.39, 0.29) is 16.6 Å². The number of benzene rings is 1. The van der Waals surface area contributed by atoms with Crippen molar-refractivity contribution in [2.45, 2.75) is 30.2 Å². The van der Waals surface area contributed by atoms with Crippen molar-refractivity contribution in [3.05, 3.63) is 47.7 Å². The quantitative estimate of drug-likeness (QED) is 0.732. The predicted molar refractivity (Wildman–Crippen MR) is 105 cm³/mol. The molecule has 8 heteroatoms. The van der Waals surface area contributed by atoms with Gasteiger partial charge in [-0.1, -0.05) is 36.9 Å². The molecule has 26 heavy (non-hydrogen) atoms. The van der Waals surface area contributed by atoms with Gasteiger partial charge < -0.3 is 5.32 Å². The maximum atomic E-state index is 12.3. The number of amides is 1. The number of aryl methyl sites for hydroxylation is 2. The first-order chi connectivity index (χ1) is 12.3. The third-order valence-electron chi connectivity index (χ3n) is 3.84. The van der Waals surface area contributed by atoms with E-state index in [9.17, 15) is 13.2 Å². The number of carbonyl (C=O) groups excluding carboxylic acids is 1. The highest BCUT2D eigenvalue weighted by molar-refractivity contribution is 7.99. The number of nitrogens with zero attached hydrogens (tertiary/aromatic N) is 2. The lowest BCUT2D eigenvalue weighted by Gasteiger charge is -2.13. The summed E-state index contributed by atoms with van der Waals surface area (Å²) in [5.41, 5.74) is 2.99. The summed E-state index contributed by atoms with van der Waals surface area (Å²) in [6, 6.07) is 9.05. The molecule has 0 aliphatic carbocycles. The summed E-state index contributed by atoms with van der Waals surface area (Å²) in [5, 5.41) is 3.56. The van der Waals surface area contributed by atoms with Gasteiger partial charge in [-0.05, 0) is 36.6 Å². The standard InChI is InChI=1S/C18H23N3O3S2/c1-5-14-8-6-7-13(2)18(14)20-16(22)12-25-17-10-9-15(11-19-17)26(23,24)21(3)4/h6-11H,5,12H2,1-4H3,(H,20,22). The minimum atomic E-state index is -3.50. The molecule has 0 aliphatic rings. The smallest absolute Gasteiger partial charge is 0.244 e. The van der Waals surface area contributed by atoms with Crippen molar-refractivity contribution in [3.8, 4) is 0 Å². The maximum absolute atomic E-state index is 12.3. The van der Waals surface area contributed by atoms with Crippen LogP contribution in [0.25, 0.3) is 0 Å². The number of pyridine rings is 1. The molecule has 1 aromatic heterocycles. The van der Waals surface area contributed by atoms with E-state index in [1.54, 1.807) is 6.07 Å². The molecule has 1 heterocycles. The molecule has 0 saturated heterocycles. The normalized spacial score (nSPS) is 11.6. The minimum Gasteiger partial charge on any atom is -0.325 e. The third kappa shape index (κ3) is 4.84. The van der Waals surface area contributed by atoms with Crippen LogP contribution in [-0.2, 0) is 21.2 Å². The Morgan fingerprint density at radius 1 is 1.23 bits per heavy atom. The van der Waals surface area contributed by atoms with E-state index in [1.807, 2.05) is 32.0 Å². The number of thioether (sulfide) groups is 1. The molecule has 0 atom stereocenters. The van der Waals surface area contributed by atoms with Crippen LogP contribution in [0.3, 0.4) is 0 Å². The fourth-order valence-electron chi connectivity index (χ4n) is 2.33. The van der Waals surface area contributed by atoms with Crippen LogP contribution >= 0.6 is 11.8 Å². The Hall–Kier alpha value is -1.90. The largest absolute Gasteiger partial charge is 0.325 e. The molecule has 6 nitrogen and oxygen atoms in total. The molecule has 0 spiro atoms. The number of rotatable bonds is 7. The Bertz CT molecular complexity index is 879. The van der Waals surface area contributed by atoms with Gasteiger partial charge >= 0.3 is 0 Å². The van der Waals surface area contributed by atoms with Gasteiger partial charge in [-0.2, -0.15) is 0 Å². The SMILES string of the molecule is CCc1cccc(C)c1NC(=O)CSc1ccc(S(=O)(=O)N(C)C)cn1. The van der Waals surface area contributed by atoms with E-state index in [2.05, 4.69) is 10.3 Å². The van der Waals surface area contributed by atoms with Crippen LogP contribution < -0.4 is 5.32 Å². The molecular formula is C18H23N3O3S2. The lowest BCUT2D eigenvalue weighted by Crippen LogP contribution is -2.22. The molecular weight excluding hydrogens is 370 g/mol. The molecule has 1 N–H and O–H groups in total. The first-order valence-corrected chi connectivity index (χ1v) is 10.6. The van der Waals surface area contributed by atoms with E-state index in [1.165, 1.54) is 38.1 Å². The van der Waals surface area contributed by atoms with Crippen LogP contribution in [0.5, 0.6) is 0 Å². The average Bonchev–Trinajstić information content (AvgIpc) is 2.62. The topological polar surface area (TPSA) is 79.4 Å². The van der Waals surface area contributed by atoms with E-state index in [0.717, 1.165) is 27.5 Å². The third-order valence-corrected chi connectivity index (χ3v) is 6.59. The van der Waals surface area contributed by atoms with Crippen LogP contribution in [0.15, 0.2) is 46.5 Å². The number of nitrogens with one attached hydrogen (secondary N) is 1. The fourth-order valence-corrected chi connectivity index (χ4v) is 3.82. The van der Waals surface area contributed by atoms with Gasteiger partial charge in [0.2, 0.25) is 15.9 Å². The molecule has 0 aliphatic heterocycles. The molecule has 2 aromatic rings. The minimum absolute atomic E-state index is 0.120. The van der Waals surface area contributed by atoms with Crippen molar-refractivity contribution in [1.29, 1.82) is 0 Å². The van der Waals surface area contributed by atoms with Gasteiger partial charge in [0.25, 0.3) is 0 Å². The highest BCUT2D eigenvalue weighted by atomic mass is 32.2. The summed E-state index contributed by atoms with van der Waals surface area (Å²) in [7, 11) is -0.554. The second-order valence-electron chi connectivity index (χ2n) is 5.92. The van der Waals surface area contributed by atoms with Gasteiger partial charge in [-0.3, -0.25) is 4.79 Å². The van der Waals surface area contributed by atoms with Crippen LogP contribution in [0, 0.1) is 6.92 Å². The second-order valence-corrected chi connectivity index (χ2v) is 9.07. The monoisotopic (exact) mass is 393 g/mol. The molecule has 1 aromatic carbocycles. The lowest BCUT2D eigenvalue weighted by atomic mass is 10.1. The molecule has 0 unspecified atom stereocenters. The highest BCUT2D eigenvalue weighted by Gasteiger charge is 2.17. The van der Waals surface area contributed by atoms with Crippen LogP contribution in [0.4, 0.5) is 5.69 Å². The summed E-state index contributed by atoms with van der Waals surface area (Å²) in [6.07, 6.45) is 2.15. The number of aromatic nitrogens is 1. The molecule has 0 fully saturated rings. The van der Waals surface area contributed by atoms with Crippen molar-refractivity contribution in [1.82, 2.24) is 9.29 Å². The number of sulfonamides is 1. The lowest BCUT2D eigenvalue weighted by molar-refractivity contribution is -0.113. The van der Waals surface area contributed by atoms with Crippen molar-refractivity contribution in [3.63, 3.8) is 0 Å². The van der Waals surface area contributed by atoms with E-state index in [0.29, 0.717) is 5.03 Å². The Morgan fingerprint density at radius 3 is 2.54 bits per heavy atom. The van der Waals surface area contributed by atoms with Crippen LogP contribution in [-0.4, -0.2) is 43.5 Å². The van der Waals surface area contributed by atoms with E-state index in [4.69, 9.17) is 0 Å². The summed E-state index contributed by atoms with van der Waals surface area (Å²) in [4.78, 5) is 16.5. The molecule has 1 amide bonds. The van der Waals surface area contributed by atoms with Gasteiger partial charge in [0.05, 0.1) is 10.8 Å². The van der Waals surface area contributed by atoms with Gasteiger partial charge in [0, 0.05) is 26.0 Å². The summed E-state index contributed by atoms with van der Waals surface area (Å²) in [5.74, 6) is 0.0790. The second kappa shape index (κ2) is 8.66. The summed E-state index contributed by atoms with van der Waals surface area (Å²) < 4.78 is 25.2. The summed E-state index contributed by atoms with van der Waals surface area (Å²) in [6.45, 7) is 4.01. The first kappa shape index (κ1) is 20.4. The average molecular weight is 394 g/mol. The molecule has 2 rings (SSSR count). The Labute approximate surface area is 159 Å². The molecule has 140 valence electrons. The summed E-state index contributed by atoms with van der Waals surface area (Å²) >= 11 is 1.26. The number of anilines is 1. The maximum Gasteiger partial charge on any atom is 0.244 e. The number of carbonyl (C=O) groups is 1. The van der Waals surface area contributed by atoms with Gasteiger partial charge in [-0.25, -0.2) is 17.7 Å².